The molecule has 0 N–H and O–H groups in total. The number of azide groups is 3. The third kappa shape index (κ3) is 10.9. The second-order valence-electron chi connectivity index (χ2n) is 12.4. The molecule has 53 heavy (non-hydrogen) atoms. The zero-order valence-electron chi connectivity index (χ0n) is 29.3. The molecule has 2 aliphatic heterocycles. The monoisotopic (exact) mass is 727 g/mol. The Labute approximate surface area is 305 Å². The molecule has 0 saturated carbocycles. The number of carbonyl (C=O) groups excluding carboxylic acids is 1. The summed E-state index contributed by atoms with van der Waals surface area (Å²) in [7, 11) is 0. The Morgan fingerprint density at radius 2 is 1.15 bits per heavy atom. The minimum Gasteiger partial charge on any atom is -0.463 e. The fraction of sp³-hybridized carbons (Fsp3) is 0.472. The Balaban J connectivity index is 1.52. The molecular formula is C36H41N9O8. The van der Waals surface area contributed by atoms with E-state index in [4.69, 9.17) is 33.2 Å². The zero-order chi connectivity index (χ0) is 37.4. The molecular weight excluding hydrogens is 686 g/mol. The van der Waals surface area contributed by atoms with Crippen LogP contribution in [-0.2, 0) is 57.8 Å². The van der Waals surface area contributed by atoms with E-state index in [1.165, 1.54) is 6.92 Å². The average molecular weight is 728 g/mol. The van der Waals surface area contributed by atoms with Crippen LogP contribution in [0.25, 0.3) is 31.3 Å². The summed E-state index contributed by atoms with van der Waals surface area (Å²) in [6, 6.07) is 25.2. The number of nitrogens with zero attached hydrogens (tertiary/aromatic N) is 9. The molecule has 2 fully saturated rings. The highest BCUT2D eigenvalue weighted by Gasteiger charge is 2.52. The van der Waals surface area contributed by atoms with E-state index in [0.29, 0.717) is 0 Å². The minimum atomic E-state index is -1.36. The fourth-order valence-electron chi connectivity index (χ4n) is 6.30. The molecule has 1 unspecified atom stereocenters. The van der Waals surface area contributed by atoms with E-state index in [-0.39, 0.29) is 33.0 Å². The van der Waals surface area contributed by atoms with Crippen LogP contribution in [0.1, 0.15) is 30.5 Å². The molecule has 17 nitrogen and oxygen atoms in total. The molecule has 10 atom stereocenters. The average Bonchev–Trinajstić information content (AvgIpc) is 3.17. The predicted molar refractivity (Wildman–Crippen MR) is 189 cm³/mol. The first-order valence-corrected chi connectivity index (χ1v) is 17.1. The molecule has 3 aromatic rings. The molecule has 2 saturated heterocycles. The predicted octanol–water partition coefficient (Wildman–Crippen LogP) is 6.87. The maximum Gasteiger partial charge on any atom is 0.302 e. The summed E-state index contributed by atoms with van der Waals surface area (Å²) in [5, 5.41) is 11.9. The van der Waals surface area contributed by atoms with Gasteiger partial charge in [-0.05, 0) is 40.2 Å². The summed E-state index contributed by atoms with van der Waals surface area (Å²) in [5.74, 6) is -0.576. The number of hydrogen-bond acceptors (Lipinski definition) is 11. The van der Waals surface area contributed by atoms with Gasteiger partial charge in [0.25, 0.3) is 0 Å². The summed E-state index contributed by atoms with van der Waals surface area (Å²) in [6.07, 6.45) is -6.93. The van der Waals surface area contributed by atoms with Crippen LogP contribution in [0.3, 0.4) is 0 Å². The van der Waals surface area contributed by atoms with E-state index in [1.54, 1.807) is 6.92 Å². The molecule has 2 aliphatic rings. The Bertz CT molecular complexity index is 1740. The molecule has 2 heterocycles. The Morgan fingerprint density at radius 3 is 1.70 bits per heavy atom. The lowest BCUT2D eigenvalue weighted by molar-refractivity contribution is -0.306. The second-order valence-corrected chi connectivity index (χ2v) is 12.4. The van der Waals surface area contributed by atoms with Crippen molar-refractivity contribution in [2.24, 2.45) is 15.3 Å². The number of ether oxygens (including phenoxy) is 7. The lowest BCUT2D eigenvalue weighted by Gasteiger charge is -2.48. The molecule has 5 rings (SSSR count). The third-order valence-electron chi connectivity index (χ3n) is 8.80. The van der Waals surface area contributed by atoms with Crippen LogP contribution < -0.4 is 0 Å². The van der Waals surface area contributed by atoms with E-state index in [9.17, 15) is 21.4 Å². The Hall–Kier alpha value is -5.18. The van der Waals surface area contributed by atoms with Crippen molar-refractivity contribution in [1.29, 1.82) is 0 Å². The number of esters is 1. The number of carbonyl (C=O) groups is 1. The first-order chi connectivity index (χ1) is 25.9. The summed E-state index contributed by atoms with van der Waals surface area (Å²) < 4.78 is 43.7. The van der Waals surface area contributed by atoms with E-state index in [1.807, 2.05) is 91.0 Å². The van der Waals surface area contributed by atoms with Gasteiger partial charge in [-0.3, -0.25) is 4.79 Å². The van der Waals surface area contributed by atoms with Gasteiger partial charge in [-0.1, -0.05) is 106 Å². The maximum absolute atomic E-state index is 11.7. The smallest absolute Gasteiger partial charge is 0.302 e. The lowest BCUT2D eigenvalue weighted by atomic mass is 9.91. The van der Waals surface area contributed by atoms with Gasteiger partial charge in [0, 0.05) is 21.7 Å². The highest BCUT2D eigenvalue weighted by molar-refractivity contribution is 5.65. The van der Waals surface area contributed by atoms with Gasteiger partial charge in [-0.25, -0.2) is 0 Å². The van der Waals surface area contributed by atoms with E-state index >= 15 is 0 Å². The van der Waals surface area contributed by atoms with Gasteiger partial charge >= 0.3 is 5.97 Å². The van der Waals surface area contributed by atoms with Crippen molar-refractivity contribution >= 4 is 5.97 Å². The standard InChI is InChI=1S/C36H41N9O8/c1-23-30(40-43-37)34(31(41-44-38)28(51-23)22-48-24(2)46)53-36-32(42-45-39)35(50-20-27-16-10-5-11-17-27)33(49-19-26-14-8-4-9-15-26)29(52-36)21-47-18-25-12-6-3-7-13-25/h3-17,23,28-36H,18-22H2,1-2H3/t23-,28+,29+,30-,31+,32+,33-,34+,35+,36?/m0/s1. The van der Waals surface area contributed by atoms with Crippen molar-refractivity contribution < 1.29 is 38.0 Å². The molecule has 3 aromatic carbocycles. The van der Waals surface area contributed by atoms with Gasteiger partial charge in [0.05, 0.1) is 50.7 Å². The van der Waals surface area contributed by atoms with Gasteiger partial charge in [0.2, 0.25) is 0 Å². The molecule has 0 bridgehead atoms. The van der Waals surface area contributed by atoms with Crippen molar-refractivity contribution in [2.75, 3.05) is 13.2 Å². The molecule has 0 radical (unpaired) electrons. The fourth-order valence-corrected chi connectivity index (χ4v) is 6.30. The van der Waals surface area contributed by atoms with Gasteiger partial charge in [-0.2, -0.15) is 0 Å². The molecule has 0 aliphatic carbocycles. The van der Waals surface area contributed by atoms with Crippen LogP contribution >= 0.6 is 0 Å². The van der Waals surface area contributed by atoms with Crippen LogP contribution in [0.4, 0.5) is 0 Å². The van der Waals surface area contributed by atoms with Crippen molar-refractivity contribution in [3.8, 4) is 0 Å². The Morgan fingerprint density at radius 1 is 0.642 bits per heavy atom. The highest BCUT2D eigenvalue weighted by Crippen LogP contribution is 2.36. The van der Waals surface area contributed by atoms with E-state index in [0.717, 1.165) is 16.7 Å². The maximum atomic E-state index is 11.7. The van der Waals surface area contributed by atoms with Gasteiger partial charge in [-0.15, -0.1) is 0 Å². The van der Waals surface area contributed by atoms with Crippen molar-refractivity contribution in [3.05, 3.63) is 139 Å². The summed E-state index contributed by atoms with van der Waals surface area (Å²) >= 11 is 0. The van der Waals surface area contributed by atoms with Crippen LogP contribution in [-0.4, -0.2) is 80.2 Å². The molecule has 17 heteroatoms. The molecule has 0 aromatic heterocycles. The van der Waals surface area contributed by atoms with Crippen molar-refractivity contribution in [1.82, 2.24) is 0 Å². The summed E-state index contributed by atoms with van der Waals surface area (Å²) in [5.41, 5.74) is 31.7. The van der Waals surface area contributed by atoms with Crippen LogP contribution in [0.5, 0.6) is 0 Å². The highest BCUT2D eigenvalue weighted by atomic mass is 16.7. The van der Waals surface area contributed by atoms with Crippen LogP contribution in [0, 0.1) is 0 Å². The molecule has 0 spiro atoms. The quantitative estimate of drug-likeness (QED) is 0.0615. The van der Waals surface area contributed by atoms with Gasteiger partial charge in [0.15, 0.2) is 6.29 Å². The van der Waals surface area contributed by atoms with E-state index < -0.39 is 67.0 Å². The minimum absolute atomic E-state index is 0.0151. The van der Waals surface area contributed by atoms with E-state index in [2.05, 4.69) is 30.1 Å². The first-order valence-electron chi connectivity index (χ1n) is 17.1. The number of rotatable bonds is 17. The zero-order valence-corrected chi connectivity index (χ0v) is 29.3. The van der Waals surface area contributed by atoms with Crippen molar-refractivity contribution in [2.45, 2.75) is 94.7 Å². The van der Waals surface area contributed by atoms with Crippen LogP contribution in [0.2, 0.25) is 0 Å². The van der Waals surface area contributed by atoms with Gasteiger partial charge < -0.3 is 33.2 Å². The van der Waals surface area contributed by atoms with Gasteiger partial charge in [0.1, 0.15) is 37.1 Å². The molecule has 278 valence electrons. The number of benzene rings is 3. The summed E-state index contributed by atoms with van der Waals surface area (Å²) in [4.78, 5) is 20.8. The largest absolute Gasteiger partial charge is 0.463 e. The topological polar surface area (TPSA) is 228 Å². The first kappa shape index (κ1) is 39.0. The van der Waals surface area contributed by atoms with Crippen molar-refractivity contribution in [3.63, 3.8) is 0 Å². The molecule has 0 amide bonds. The number of hydrogen-bond donors (Lipinski definition) is 0. The van der Waals surface area contributed by atoms with Crippen LogP contribution in [0.15, 0.2) is 106 Å². The second kappa shape index (κ2) is 20.2. The third-order valence-corrected chi connectivity index (χ3v) is 8.80. The summed E-state index contributed by atoms with van der Waals surface area (Å²) in [6.45, 7) is 3.19. The normalized spacial score (nSPS) is 28.0. The lowest BCUT2D eigenvalue weighted by Crippen LogP contribution is -2.64. The Kier molecular flexibility index (Phi) is 14.9. The SMILES string of the molecule is CC(=O)OC[C@H]1O[C@@H](C)[C@H](N=[N+]=[N-])[C@@H](OC2O[C@H](COCc3ccccc3)[C@H](OCc3ccccc3)[C@H](OCc3ccccc3)[C@H]2N=[N+]=[N-])[C@@H]1N=[N+]=[N-].